The molecule has 12 bridgehead atoms. The summed E-state index contributed by atoms with van der Waals surface area (Å²) in [5.41, 5.74) is 3.46. The van der Waals surface area contributed by atoms with Crippen molar-refractivity contribution < 1.29 is 57.4 Å². The minimum Gasteiger partial charge on any atom is -0.487 e. The molecule has 10 N–H and O–H groups in total. The van der Waals surface area contributed by atoms with Crippen molar-refractivity contribution in [2.45, 2.75) is 166 Å². The number of carbonyl (C=O) groups excluding carboxylic acids is 10. The molecular weight excluding hydrogens is 1410 g/mol. The Bertz CT molecular complexity index is 3820. The van der Waals surface area contributed by atoms with Gasteiger partial charge < -0.3 is 82.2 Å². The summed E-state index contributed by atoms with van der Waals surface area (Å²) < 4.78 is 15.6. The van der Waals surface area contributed by atoms with Crippen LogP contribution >= 0.6 is 0 Å². The molecule has 0 aliphatic carbocycles. The largest absolute Gasteiger partial charge is 0.487 e. The molecule has 6 aromatic rings. The molecule has 0 spiro atoms. The van der Waals surface area contributed by atoms with Crippen molar-refractivity contribution in [3.8, 4) is 11.5 Å². The van der Waals surface area contributed by atoms with E-state index in [-0.39, 0.29) is 77.9 Å². The second-order valence-electron chi connectivity index (χ2n) is 29.7. The first-order chi connectivity index (χ1) is 52.6. The second kappa shape index (κ2) is 39.6. The topological polar surface area (TPSA) is 384 Å². The van der Waals surface area contributed by atoms with Gasteiger partial charge in [0.2, 0.25) is 59.1 Å². The molecule has 2 fully saturated rings. The third-order valence-corrected chi connectivity index (χ3v) is 20.0. The monoisotopic (exact) mass is 1520 g/mol. The van der Waals surface area contributed by atoms with E-state index < -0.39 is 143 Å². The zero-order valence-corrected chi connectivity index (χ0v) is 64.9. The van der Waals surface area contributed by atoms with Crippen molar-refractivity contribution in [2.75, 3.05) is 81.6 Å². The fourth-order valence-electron chi connectivity index (χ4n) is 13.2. The Kier molecular flexibility index (Phi) is 30.0. The number of rotatable bonds is 22. The molecule has 0 saturated carbocycles. The number of benzene rings is 4. The van der Waals surface area contributed by atoms with E-state index in [1.54, 1.807) is 150 Å². The third kappa shape index (κ3) is 23.2. The molecule has 6 aliphatic heterocycles. The highest BCUT2D eigenvalue weighted by atomic mass is 16.5. The number of hydrogen-bond acceptors (Lipinski definition) is 20. The first-order valence-electron chi connectivity index (χ1n) is 37.6. The zero-order chi connectivity index (χ0) is 79.3. The standard InChI is InChI=1S/C78H108N20O12/c1-47(2)67(87-69(99)49(5)79-7)77(107)95-43-57-39-65(95)75(105)85-63(35-51-19-15-13-16-20-51)73(103)83-61(71(101)81-31-33-93(9)10)37-53-25-29-60(30-26-53)110-46-56-42-98(92-90-56)58-40-66(96(44-58)78(108)68(48(3)4)88-70(100)50(6)80-8)76(106)86-64(36-52-21-17-14-18-22-52)74(104)84-62(72(102)82-32-34-94(11)12)38-54-23-27-59(28-24-54)109-45-55-41-97(57)91-89-55/h13-30,41-42,47-50,57-58,61-68,79-80H,31-40,43-46H2,1-12H3,(H,81,101)(H,82,102)(H,83,103)(H,84,104)(H,85,105)(H,86,106)(H,87,99)(H,88,100)/t49-,50-,57-,58-,61-,62-,63-,64-,65-,66-,67-,68-/m0/s1. The Labute approximate surface area is 642 Å². The molecule has 4 aromatic carbocycles. The molecule has 12 atom stereocenters. The van der Waals surface area contributed by atoms with Crippen molar-refractivity contribution in [1.82, 2.24) is 103 Å². The van der Waals surface area contributed by atoms with Crippen LogP contribution in [-0.2, 0) is 86.8 Å². The highest BCUT2D eigenvalue weighted by Crippen LogP contribution is 2.32. The molecule has 110 heavy (non-hydrogen) atoms. The highest BCUT2D eigenvalue weighted by molar-refractivity contribution is 5.98. The van der Waals surface area contributed by atoms with Gasteiger partial charge in [0.15, 0.2) is 0 Å². The first kappa shape index (κ1) is 83.3. The van der Waals surface area contributed by atoms with E-state index in [2.05, 4.69) is 73.8 Å². The Morgan fingerprint density at radius 2 is 0.864 bits per heavy atom. The second-order valence-corrected chi connectivity index (χ2v) is 29.7. The van der Waals surface area contributed by atoms with E-state index in [1.807, 2.05) is 74.4 Å². The van der Waals surface area contributed by atoms with Crippen LogP contribution in [0.4, 0.5) is 0 Å². The van der Waals surface area contributed by atoms with Crippen molar-refractivity contribution in [3.05, 3.63) is 155 Å². The van der Waals surface area contributed by atoms with Crippen LogP contribution in [0.1, 0.15) is 100 Å². The molecule has 8 heterocycles. The lowest BCUT2D eigenvalue weighted by atomic mass is 10.0. The quantitative estimate of drug-likeness (QED) is 0.0439. The van der Waals surface area contributed by atoms with Crippen molar-refractivity contribution >= 4 is 59.1 Å². The van der Waals surface area contributed by atoms with Crippen LogP contribution in [-0.4, -0.2) is 251 Å². The average molecular weight is 1520 g/mol. The van der Waals surface area contributed by atoms with Gasteiger partial charge in [-0.3, -0.25) is 47.9 Å². The predicted molar refractivity (Wildman–Crippen MR) is 409 cm³/mol. The number of carbonyl (C=O) groups is 10. The van der Waals surface area contributed by atoms with E-state index in [1.165, 1.54) is 9.80 Å². The Balaban J connectivity index is 1.07. The number of nitrogens with one attached hydrogen (secondary N) is 10. The number of aromatic nitrogens is 6. The molecule has 32 nitrogen and oxygen atoms in total. The number of ether oxygens (including phenoxy) is 2. The molecule has 2 saturated heterocycles. The number of likely N-dealkylation sites (N-methyl/N-ethyl adjacent to an activating group) is 4. The molecule has 32 heteroatoms. The van der Waals surface area contributed by atoms with Gasteiger partial charge in [-0.2, -0.15) is 0 Å². The summed E-state index contributed by atoms with van der Waals surface area (Å²) in [5, 5.41) is 47.2. The van der Waals surface area contributed by atoms with Gasteiger partial charge in [-0.05, 0) is 114 Å². The Hall–Kier alpha value is -10.7. The van der Waals surface area contributed by atoms with Gasteiger partial charge in [-0.15, -0.1) is 10.2 Å². The molecule has 10 amide bonds. The van der Waals surface area contributed by atoms with Crippen molar-refractivity contribution in [3.63, 3.8) is 0 Å². The number of likely N-dealkylation sites (tertiary alicyclic amines) is 2. The van der Waals surface area contributed by atoms with Gasteiger partial charge in [-0.1, -0.05) is 123 Å². The van der Waals surface area contributed by atoms with E-state index in [4.69, 9.17) is 9.47 Å². The lowest BCUT2D eigenvalue weighted by molar-refractivity contribution is -0.143. The summed E-state index contributed by atoms with van der Waals surface area (Å²) in [6.07, 6.45) is 3.36. The van der Waals surface area contributed by atoms with Crippen LogP contribution in [0.15, 0.2) is 122 Å². The van der Waals surface area contributed by atoms with Crippen LogP contribution < -0.4 is 62.6 Å². The van der Waals surface area contributed by atoms with E-state index in [0.717, 1.165) is 0 Å². The van der Waals surface area contributed by atoms with Gasteiger partial charge in [0.25, 0.3) is 0 Å². The van der Waals surface area contributed by atoms with Crippen LogP contribution in [0.2, 0.25) is 0 Å². The maximum Gasteiger partial charge on any atom is 0.246 e. The zero-order valence-electron chi connectivity index (χ0n) is 64.9. The molecule has 2 aromatic heterocycles. The lowest BCUT2D eigenvalue weighted by Gasteiger charge is -2.32. The molecule has 0 unspecified atom stereocenters. The summed E-state index contributed by atoms with van der Waals surface area (Å²) >= 11 is 0. The normalized spacial score (nSPS) is 21.4. The summed E-state index contributed by atoms with van der Waals surface area (Å²) in [6.45, 7) is 11.8. The van der Waals surface area contributed by atoms with Crippen molar-refractivity contribution in [2.24, 2.45) is 11.8 Å². The fourth-order valence-corrected chi connectivity index (χ4v) is 13.2. The molecule has 0 radical (unpaired) electrons. The maximum absolute atomic E-state index is 15.3. The molecular formula is C78H108N20O12. The van der Waals surface area contributed by atoms with E-state index in [0.29, 0.717) is 58.2 Å². The van der Waals surface area contributed by atoms with Gasteiger partial charge in [0.1, 0.15) is 84.4 Å². The first-order valence-corrected chi connectivity index (χ1v) is 37.6. The van der Waals surface area contributed by atoms with Gasteiger partial charge in [-0.25, -0.2) is 9.36 Å². The number of amides is 10. The van der Waals surface area contributed by atoms with Crippen LogP contribution in [0, 0.1) is 11.8 Å². The van der Waals surface area contributed by atoms with Gasteiger partial charge in [0.05, 0.1) is 36.6 Å². The minimum atomic E-state index is -1.28. The van der Waals surface area contributed by atoms with E-state index in [9.17, 15) is 19.2 Å². The summed E-state index contributed by atoms with van der Waals surface area (Å²) in [7, 11) is 10.7. The van der Waals surface area contributed by atoms with Crippen molar-refractivity contribution in [1.29, 1.82) is 0 Å². The van der Waals surface area contributed by atoms with Crippen LogP contribution in [0.25, 0.3) is 0 Å². The Morgan fingerprint density at radius 3 is 1.20 bits per heavy atom. The number of nitrogens with zero attached hydrogens (tertiary/aromatic N) is 10. The van der Waals surface area contributed by atoms with Gasteiger partial charge >= 0.3 is 0 Å². The Morgan fingerprint density at radius 1 is 0.500 bits per heavy atom. The van der Waals surface area contributed by atoms with Gasteiger partial charge in [0, 0.05) is 77.8 Å². The smallest absolute Gasteiger partial charge is 0.246 e. The predicted octanol–water partition coefficient (Wildman–Crippen LogP) is 0.388. The summed E-state index contributed by atoms with van der Waals surface area (Å²) in [6, 6.07) is 20.0. The number of hydrogen-bond donors (Lipinski definition) is 10. The minimum absolute atomic E-state index is 0.00486. The summed E-state index contributed by atoms with van der Waals surface area (Å²) in [4.78, 5) is 153. The molecule has 592 valence electrons. The highest BCUT2D eigenvalue weighted by Gasteiger charge is 2.47. The molecule has 6 aliphatic rings. The fraction of sp³-hybridized carbons (Fsp3) is 0.513. The third-order valence-electron chi connectivity index (χ3n) is 20.0. The summed E-state index contributed by atoms with van der Waals surface area (Å²) in [5.74, 6) is -5.55. The average Bonchev–Trinajstić information content (AvgIpc) is 1.64. The SMILES string of the molecule is CN[C@@H](C)C(=O)N[C@H](C(=O)N1C[C@@H]2C[C@H]1C(=O)N[C@@H](Cc1ccccc1)C(=O)N[C@H](C(=O)NCCN(C)C)Cc1ccc(cc1)OCc1cn(nn1)[C@H]1C[C@@H](C(=O)N[C@@H](Cc3ccccc3)C(=O)N[C@H](C(=O)NCCN(C)C)Cc3ccc(cc3)OCc3cn2nn3)N(C(=O)[C@@H](NC(=O)[C@H](C)NC)C(C)C)C1)C(C)C. The van der Waals surface area contributed by atoms with Crippen LogP contribution in [0.3, 0.4) is 0 Å². The molecule has 12 rings (SSSR count). The van der Waals surface area contributed by atoms with Crippen LogP contribution in [0.5, 0.6) is 11.5 Å². The lowest BCUT2D eigenvalue weighted by Crippen LogP contribution is -2.59. The van der Waals surface area contributed by atoms with E-state index >= 15 is 28.8 Å². The maximum atomic E-state index is 15.3.